The van der Waals surface area contributed by atoms with Crippen LogP contribution in [0.1, 0.15) is 485 Å². The highest BCUT2D eigenvalue weighted by molar-refractivity contribution is 7.47. The van der Waals surface area contributed by atoms with Gasteiger partial charge in [0.15, 0.2) is 12.2 Å². The van der Waals surface area contributed by atoms with Crippen LogP contribution in [0.25, 0.3) is 0 Å². The molecular formula is C91H178O17P2. The fraction of sp³-hybridized carbons (Fsp3) is 0.956. The van der Waals surface area contributed by atoms with Gasteiger partial charge in [-0.15, -0.1) is 0 Å². The second-order valence-electron chi connectivity index (χ2n) is 33.9. The second kappa shape index (κ2) is 80.8. The van der Waals surface area contributed by atoms with Gasteiger partial charge >= 0.3 is 39.5 Å². The summed E-state index contributed by atoms with van der Waals surface area (Å²) in [4.78, 5) is 73.4. The quantitative estimate of drug-likeness (QED) is 0.0222. The number of hydrogen-bond donors (Lipinski definition) is 3. The standard InChI is InChI=1S/C91H178O17P2/c1-8-10-11-12-13-14-15-16-17-28-34-39-44-53-60-67-74-91(96)108-87(79-102-89(94)73-66-59-52-47-46-50-57-64-71-84(7)9-2)81-106-110(99,100)104-77-85(92)76-103-109(97,98)105-80-86(107-90(95)75-68-61-54-45-40-35-30-25-21-19-23-27-32-37-42-49-56-63-70-83(5)6)78-101-88(93)72-65-58-51-43-38-33-29-24-20-18-22-26-31-36-41-48-55-62-69-82(3)4/h82-87,92H,8-81H2,1-7H3,(H,97,98)(H,99,100)/t84?,85-,86-,87-/m1/s1. The number of aliphatic hydroxyl groups excluding tert-OH is 1. The van der Waals surface area contributed by atoms with Gasteiger partial charge in [-0.1, -0.05) is 434 Å². The Morgan fingerprint density at radius 2 is 0.464 bits per heavy atom. The zero-order chi connectivity index (χ0) is 80.8. The van der Waals surface area contributed by atoms with Gasteiger partial charge in [0, 0.05) is 25.7 Å². The van der Waals surface area contributed by atoms with E-state index in [0.29, 0.717) is 25.7 Å². The molecule has 0 bridgehead atoms. The molecule has 0 saturated carbocycles. The Labute approximate surface area is 677 Å². The van der Waals surface area contributed by atoms with E-state index in [4.69, 9.17) is 37.0 Å². The minimum atomic E-state index is -4.97. The number of esters is 4. The van der Waals surface area contributed by atoms with Gasteiger partial charge in [-0.2, -0.15) is 0 Å². The summed E-state index contributed by atoms with van der Waals surface area (Å²) in [5.41, 5.74) is 0. The van der Waals surface area contributed by atoms with Crippen LogP contribution in [-0.2, 0) is 65.4 Å². The summed E-state index contributed by atoms with van der Waals surface area (Å²) in [6, 6.07) is 0. The Morgan fingerprint density at radius 3 is 0.691 bits per heavy atom. The summed E-state index contributed by atoms with van der Waals surface area (Å²) < 4.78 is 69.1. The molecule has 0 aliphatic rings. The number of unbranched alkanes of at least 4 members (excludes halogenated alkanes) is 56. The second-order valence-corrected chi connectivity index (χ2v) is 36.8. The highest BCUT2D eigenvalue weighted by Crippen LogP contribution is 2.45. The minimum Gasteiger partial charge on any atom is -0.462 e. The minimum absolute atomic E-state index is 0.108. The summed E-state index contributed by atoms with van der Waals surface area (Å²) in [6.45, 7) is 12.1. The van der Waals surface area contributed by atoms with E-state index in [1.165, 1.54) is 295 Å². The van der Waals surface area contributed by atoms with Crippen LogP contribution in [0.3, 0.4) is 0 Å². The molecule has 0 aromatic rings. The molecule has 0 radical (unpaired) electrons. The Kier molecular flexibility index (Phi) is 79.4. The van der Waals surface area contributed by atoms with E-state index in [9.17, 15) is 43.2 Å². The first-order valence-electron chi connectivity index (χ1n) is 46.9. The van der Waals surface area contributed by atoms with E-state index in [1.54, 1.807) is 0 Å². The van der Waals surface area contributed by atoms with Gasteiger partial charge in [0.25, 0.3) is 0 Å². The average Bonchev–Trinajstić information content (AvgIpc) is 0.900. The summed E-state index contributed by atoms with van der Waals surface area (Å²) in [5, 5.41) is 10.7. The summed E-state index contributed by atoms with van der Waals surface area (Å²) in [7, 11) is -9.94. The van der Waals surface area contributed by atoms with E-state index in [1.807, 2.05) is 0 Å². The third-order valence-electron chi connectivity index (χ3n) is 21.7. The highest BCUT2D eigenvalue weighted by atomic mass is 31.2. The molecule has 0 aromatic heterocycles. The van der Waals surface area contributed by atoms with Crippen molar-refractivity contribution in [3.05, 3.63) is 0 Å². The van der Waals surface area contributed by atoms with Crippen molar-refractivity contribution < 1.29 is 80.2 Å². The third kappa shape index (κ3) is 82.6. The van der Waals surface area contributed by atoms with Crippen LogP contribution in [0.2, 0.25) is 0 Å². The largest absolute Gasteiger partial charge is 0.472 e. The van der Waals surface area contributed by atoms with Gasteiger partial charge in [-0.3, -0.25) is 37.3 Å². The molecule has 0 spiro atoms. The van der Waals surface area contributed by atoms with Crippen molar-refractivity contribution in [2.75, 3.05) is 39.6 Å². The zero-order valence-electron chi connectivity index (χ0n) is 72.7. The van der Waals surface area contributed by atoms with Gasteiger partial charge in [0.1, 0.15) is 19.3 Å². The molecular weight excluding hydrogens is 1430 g/mol. The fourth-order valence-electron chi connectivity index (χ4n) is 14.2. The van der Waals surface area contributed by atoms with Gasteiger partial charge in [0.05, 0.1) is 26.4 Å². The van der Waals surface area contributed by atoms with Gasteiger partial charge < -0.3 is 33.8 Å². The molecule has 19 heteroatoms. The number of aliphatic hydroxyl groups is 1. The first-order valence-corrected chi connectivity index (χ1v) is 49.9. The van der Waals surface area contributed by atoms with Gasteiger partial charge in [-0.05, 0) is 43.4 Å². The number of carbonyl (C=O) groups is 4. The lowest BCUT2D eigenvalue weighted by atomic mass is 9.99. The molecule has 0 rings (SSSR count). The van der Waals surface area contributed by atoms with Crippen molar-refractivity contribution in [3.63, 3.8) is 0 Å². The maximum absolute atomic E-state index is 13.2. The van der Waals surface area contributed by atoms with E-state index in [0.717, 1.165) is 108 Å². The molecule has 17 nitrogen and oxygen atoms in total. The first kappa shape index (κ1) is 108. The molecule has 0 aliphatic heterocycles. The predicted molar refractivity (Wildman–Crippen MR) is 455 cm³/mol. The van der Waals surface area contributed by atoms with Crippen LogP contribution in [0, 0.1) is 17.8 Å². The molecule has 0 fully saturated rings. The molecule has 0 heterocycles. The van der Waals surface area contributed by atoms with Crippen molar-refractivity contribution in [2.24, 2.45) is 17.8 Å². The van der Waals surface area contributed by atoms with Crippen LogP contribution in [0.4, 0.5) is 0 Å². The number of rotatable bonds is 89. The van der Waals surface area contributed by atoms with Crippen molar-refractivity contribution in [2.45, 2.75) is 503 Å². The maximum Gasteiger partial charge on any atom is 0.472 e. The Morgan fingerprint density at radius 1 is 0.264 bits per heavy atom. The summed E-state index contributed by atoms with van der Waals surface area (Å²) in [6.07, 6.45) is 73.6. The molecule has 0 aromatic carbocycles. The summed E-state index contributed by atoms with van der Waals surface area (Å²) >= 11 is 0. The molecule has 110 heavy (non-hydrogen) atoms. The SMILES string of the molecule is CCCCCCCCCCCCCCCCCCC(=O)O[C@H](COC(=O)CCCCCCCCCCC(C)CC)COP(=O)(O)OC[C@H](O)COP(=O)(O)OC[C@@H](COC(=O)CCCCCCCCCCCCCCCCCCCCC(C)C)OC(=O)CCCCCCCCCCCCCCCCCCCCC(C)C. The lowest BCUT2D eigenvalue weighted by molar-refractivity contribution is -0.161. The maximum atomic E-state index is 13.2. The summed E-state index contributed by atoms with van der Waals surface area (Å²) in [5.74, 6) is 0.323. The third-order valence-corrected chi connectivity index (χ3v) is 23.6. The van der Waals surface area contributed by atoms with Gasteiger partial charge in [-0.25, -0.2) is 9.13 Å². The predicted octanol–water partition coefficient (Wildman–Crippen LogP) is 28.0. The van der Waals surface area contributed by atoms with Crippen molar-refractivity contribution in [1.82, 2.24) is 0 Å². The Hall–Kier alpha value is -1.94. The Balaban J connectivity index is 5.25. The lowest BCUT2D eigenvalue weighted by Gasteiger charge is -2.21. The van der Waals surface area contributed by atoms with Crippen LogP contribution < -0.4 is 0 Å². The Bertz CT molecular complexity index is 2120. The van der Waals surface area contributed by atoms with E-state index < -0.39 is 97.5 Å². The smallest absolute Gasteiger partial charge is 0.462 e. The molecule has 654 valence electrons. The number of ether oxygens (including phenoxy) is 4. The molecule has 0 saturated heterocycles. The number of phosphoric acid groups is 2. The van der Waals surface area contributed by atoms with E-state index in [-0.39, 0.29) is 25.7 Å². The topological polar surface area (TPSA) is 237 Å². The van der Waals surface area contributed by atoms with Crippen molar-refractivity contribution in [1.29, 1.82) is 0 Å². The normalized spacial score (nSPS) is 14.0. The van der Waals surface area contributed by atoms with Crippen molar-refractivity contribution in [3.8, 4) is 0 Å². The lowest BCUT2D eigenvalue weighted by Crippen LogP contribution is -2.30. The number of carbonyl (C=O) groups excluding carboxylic acids is 4. The fourth-order valence-corrected chi connectivity index (χ4v) is 15.8. The average molecular weight is 1610 g/mol. The zero-order valence-corrected chi connectivity index (χ0v) is 74.5. The van der Waals surface area contributed by atoms with E-state index in [2.05, 4.69) is 48.5 Å². The van der Waals surface area contributed by atoms with Gasteiger partial charge in [0.2, 0.25) is 0 Å². The van der Waals surface area contributed by atoms with E-state index >= 15 is 0 Å². The highest BCUT2D eigenvalue weighted by Gasteiger charge is 2.31. The van der Waals surface area contributed by atoms with Crippen molar-refractivity contribution >= 4 is 39.5 Å². The van der Waals surface area contributed by atoms with Crippen LogP contribution in [0.15, 0.2) is 0 Å². The first-order chi connectivity index (χ1) is 53.3. The molecule has 3 unspecified atom stereocenters. The number of hydrogen-bond acceptors (Lipinski definition) is 15. The monoisotopic (exact) mass is 1610 g/mol. The van der Waals surface area contributed by atoms with Crippen LogP contribution in [0.5, 0.6) is 0 Å². The van der Waals surface area contributed by atoms with Crippen LogP contribution in [-0.4, -0.2) is 96.7 Å². The number of phosphoric ester groups is 2. The molecule has 6 atom stereocenters. The van der Waals surface area contributed by atoms with Crippen LogP contribution >= 0.6 is 15.6 Å². The molecule has 3 N–H and O–H groups in total. The molecule has 0 amide bonds. The molecule has 0 aliphatic carbocycles.